The molecule has 3 aromatic rings. The number of methoxy groups -OCH3 is 2. The van der Waals surface area contributed by atoms with E-state index in [0.29, 0.717) is 42.3 Å². The summed E-state index contributed by atoms with van der Waals surface area (Å²) in [5.74, 6) is -0.787. The Morgan fingerprint density at radius 2 is 1.66 bits per heavy atom. The number of rotatable bonds is 9. The molecule has 8 heteroatoms. The Hall–Kier alpha value is -3.13. The van der Waals surface area contributed by atoms with Crippen molar-refractivity contribution < 1.29 is 27.5 Å². The lowest BCUT2D eigenvalue weighted by molar-refractivity contribution is -0.140. The molecule has 0 unspecified atom stereocenters. The first-order valence-electron chi connectivity index (χ1n) is 10.4. The molecule has 0 fully saturated rings. The molecular formula is C24H27NO6S. The van der Waals surface area contributed by atoms with E-state index in [-0.39, 0.29) is 21.3 Å². The lowest BCUT2D eigenvalue weighted by Crippen LogP contribution is -2.06. The second kappa shape index (κ2) is 9.99. The second-order valence-corrected chi connectivity index (χ2v) is 9.52. The Balaban J connectivity index is 2.01. The fraction of sp³-hybridized carbons (Fsp3) is 0.333. The van der Waals surface area contributed by atoms with E-state index in [1.54, 1.807) is 42.5 Å². The van der Waals surface area contributed by atoms with E-state index >= 15 is 0 Å². The highest BCUT2D eigenvalue weighted by molar-refractivity contribution is 7.91. The number of carbonyl (C=O) groups is 2. The van der Waals surface area contributed by atoms with Crippen LogP contribution < -0.4 is 0 Å². The van der Waals surface area contributed by atoms with Crippen molar-refractivity contribution in [3.05, 3.63) is 59.3 Å². The number of aryl methyl sites for hydroxylation is 2. The van der Waals surface area contributed by atoms with Crippen LogP contribution in [0.5, 0.6) is 0 Å². The zero-order valence-corrected chi connectivity index (χ0v) is 19.3. The summed E-state index contributed by atoms with van der Waals surface area (Å²) < 4.78 is 36.7. The minimum atomic E-state index is -3.84. The highest BCUT2D eigenvalue weighted by atomic mass is 32.2. The fourth-order valence-corrected chi connectivity index (χ4v) is 5.30. The van der Waals surface area contributed by atoms with Gasteiger partial charge in [-0.3, -0.25) is 4.79 Å². The number of carbonyl (C=O) groups excluding carboxylic acids is 2. The zero-order valence-electron chi connectivity index (χ0n) is 18.4. The first-order chi connectivity index (χ1) is 15.3. The molecule has 0 spiro atoms. The summed E-state index contributed by atoms with van der Waals surface area (Å²) in [5.41, 5.74) is 2.46. The van der Waals surface area contributed by atoms with Crippen LogP contribution in [0.15, 0.2) is 52.3 Å². The summed E-state index contributed by atoms with van der Waals surface area (Å²) in [6.45, 7) is 1.89. The summed E-state index contributed by atoms with van der Waals surface area (Å²) in [6, 6.07) is 11.5. The van der Waals surface area contributed by atoms with E-state index in [1.807, 2.05) is 6.92 Å². The van der Waals surface area contributed by atoms with Crippen LogP contribution in [0.2, 0.25) is 0 Å². The first-order valence-corrected chi connectivity index (χ1v) is 11.9. The number of sulfone groups is 1. The molecule has 1 aromatic heterocycles. The van der Waals surface area contributed by atoms with Gasteiger partial charge in [-0.2, -0.15) is 0 Å². The van der Waals surface area contributed by atoms with Crippen LogP contribution in [-0.2, 0) is 30.5 Å². The largest absolute Gasteiger partial charge is 0.469 e. The molecule has 0 amide bonds. The van der Waals surface area contributed by atoms with E-state index in [9.17, 15) is 18.0 Å². The molecule has 7 nitrogen and oxygen atoms in total. The highest BCUT2D eigenvalue weighted by Crippen LogP contribution is 2.33. The number of benzene rings is 2. The van der Waals surface area contributed by atoms with Gasteiger partial charge < -0.3 is 14.5 Å². The van der Waals surface area contributed by atoms with Crippen molar-refractivity contribution in [3.8, 4) is 0 Å². The molecule has 0 atom stereocenters. The molecular weight excluding hydrogens is 430 g/mol. The van der Waals surface area contributed by atoms with Gasteiger partial charge in [-0.05, 0) is 56.5 Å². The van der Waals surface area contributed by atoms with Crippen molar-refractivity contribution in [1.82, 2.24) is 4.98 Å². The molecule has 3 rings (SSSR count). The van der Waals surface area contributed by atoms with Gasteiger partial charge in [0.1, 0.15) is 4.90 Å². The predicted molar refractivity (Wildman–Crippen MR) is 120 cm³/mol. The number of esters is 2. The van der Waals surface area contributed by atoms with Crippen LogP contribution >= 0.6 is 0 Å². The van der Waals surface area contributed by atoms with Crippen LogP contribution in [0.25, 0.3) is 10.9 Å². The van der Waals surface area contributed by atoms with Gasteiger partial charge in [-0.15, -0.1) is 0 Å². The number of hydrogen-bond acceptors (Lipinski definition) is 6. The third kappa shape index (κ3) is 5.02. The SMILES string of the molecule is COC(=O)CCCCCc1[nH]c2ccc(C(=O)OC)cc2c1S(=O)(=O)c1ccc(C)cc1. The molecule has 1 N–H and O–H groups in total. The summed E-state index contributed by atoms with van der Waals surface area (Å²) in [4.78, 5) is 26.9. The fourth-order valence-electron chi connectivity index (χ4n) is 3.64. The normalized spacial score (nSPS) is 11.5. The van der Waals surface area contributed by atoms with Crippen LogP contribution in [0.3, 0.4) is 0 Å². The second-order valence-electron chi connectivity index (χ2n) is 7.64. The zero-order chi connectivity index (χ0) is 23.3. The Morgan fingerprint density at radius 1 is 0.938 bits per heavy atom. The monoisotopic (exact) mass is 457 g/mol. The van der Waals surface area contributed by atoms with Crippen molar-refractivity contribution in [2.45, 2.75) is 48.8 Å². The van der Waals surface area contributed by atoms with Crippen molar-refractivity contribution in [1.29, 1.82) is 0 Å². The molecule has 2 aromatic carbocycles. The molecule has 0 bridgehead atoms. The standard InChI is InChI=1S/C24H27NO6S/c1-16-9-12-18(13-10-16)32(28,29)23-19-15-17(24(27)31-3)11-14-20(19)25-21(23)7-5-4-6-8-22(26)30-2/h9-15,25H,4-8H2,1-3H3. The molecule has 0 aliphatic heterocycles. The Bertz CT molecular complexity index is 1230. The topological polar surface area (TPSA) is 103 Å². The van der Waals surface area contributed by atoms with Gasteiger partial charge in [0.2, 0.25) is 9.84 Å². The molecule has 0 aliphatic carbocycles. The lowest BCUT2D eigenvalue weighted by atomic mass is 10.1. The van der Waals surface area contributed by atoms with Crippen LogP contribution in [0, 0.1) is 6.92 Å². The first kappa shape index (κ1) is 23.5. The van der Waals surface area contributed by atoms with Gasteiger partial charge in [-0.1, -0.05) is 24.1 Å². The van der Waals surface area contributed by atoms with Gasteiger partial charge in [0.05, 0.1) is 24.7 Å². The summed E-state index contributed by atoms with van der Waals surface area (Å²) in [6.07, 6.45) is 2.94. The highest BCUT2D eigenvalue weighted by Gasteiger charge is 2.27. The van der Waals surface area contributed by atoms with Crippen LogP contribution in [0.1, 0.15) is 47.3 Å². The van der Waals surface area contributed by atoms with E-state index in [2.05, 4.69) is 9.72 Å². The van der Waals surface area contributed by atoms with Gasteiger partial charge >= 0.3 is 11.9 Å². The number of H-pyrrole nitrogens is 1. The molecule has 0 radical (unpaired) electrons. The van der Waals surface area contributed by atoms with Crippen LogP contribution in [0.4, 0.5) is 0 Å². The van der Waals surface area contributed by atoms with Gasteiger partial charge in [0.15, 0.2) is 0 Å². The van der Waals surface area contributed by atoms with E-state index in [4.69, 9.17) is 4.74 Å². The number of aromatic nitrogens is 1. The number of hydrogen-bond donors (Lipinski definition) is 1. The van der Waals surface area contributed by atoms with Gasteiger partial charge in [0.25, 0.3) is 0 Å². The molecule has 0 saturated carbocycles. The minimum Gasteiger partial charge on any atom is -0.469 e. The minimum absolute atomic E-state index is 0.176. The average Bonchev–Trinajstić information content (AvgIpc) is 3.16. The summed E-state index contributed by atoms with van der Waals surface area (Å²) in [7, 11) is -1.19. The molecule has 170 valence electrons. The quantitative estimate of drug-likeness (QED) is 0.378. The smallest absolute Gasteiger partial charge is 0.337 e. The molecule has 0 aliphatic rings. The molecule has 0 saturated heterocycles. The number of ether oxygens (including phenoxy) is 2. The lowest BCUT2D eigenvalue weighted by Gasteiger charge is -2.08. The Morgan fingerprint density at radius 3 is 2.31 bits per heavy atom. The van der Waals surface area contributed by atoms with E-state index in [0.717, 1.165) is 12.0 Å². The Labute approximate surface area is 187 Å². The van der Waals surface area contributed by atoms with Crippen molar-refractivity contribution in [3.63, 3.8) is 0 Å². The van der Waals surface area contributed by atoms with Crippen molar-refractivity contribution in [2.24, 2.45) is 0 Å². The summed E-state index contributed by atoms with van der Waals surface area (Å²) >= 11 is 0. The number of aromatic amines is 1. The van der Waals surface area contributed by atoms with Gasteiger partial charge in [-0.25, -0.2) is 13.2 Å². The predicted octanol–water partition coefficient (Wildman–Crippen LogP) is 4.37. The number of nitrogens with one attached hydrogen (secondary N) is 1. The maximum absolute atomic E-state index is 13.6. The van der Waals surface area contributed by atoms with E-state index < -0.39 is 15.8 Å². The van der Waals surface area contributed by atoms with E-state index in [1.165, 1.54) is 14.2 Å². The third-order valence-corrected chi connectivity index (χ3v) is 7.28. The number of unbranched alkanes of at least 4 members (excludes halogenated alkanes) is 2. The van der Waals surface area contributed by atoms with Crippen molar-refractivity contribution >= 4 is 32.7 Å². The molecule has 1 heterocycles. The molecule has 32 heavy (non-hydrogen) atoms. The average molecular weight is 458 g/mol. The van der Waals surface area contributed by atoms with Crippen LogP contribution in [-0.4, -0.2) is 39.6 Å². The number of fused-ring (bicyclic) bond motifs is 1. The Kier molecular flexibility index (Phi) is 7.35. The maximum atomic E-state index is 13.6. The summed E-state index contributed by atoms with van der Waals surface area (Å²) in [5, 5.41) is 0.457. The van der Waals surface area contributed by atoms with Crippen molar-refractivity contribution in [2.75, 3.05) is 14.2 Å². The maximum Gasteiger partial charge on any atom is 0.337 e. The van der Waals surface area contributed by atoms with Gasteiger partial charge in [0, 0.05) is 23.0 Å². The third-order valence-electron chi connectivity index (χ3n) is 5.38.